The molecular weight excluding hydrogens is 302 g/mol. The van der Waals surface area contributed by atoms with E-state index in [-0.39, 0.29) is 12.0 Å². The van der Waals surface area contributed by atoms with Gasteiger partial charge >= 0.3 is 5.97 Å². The first kappa shape index (κ1) is 16.8. The number of benzene rings is 1. The van der Waals surface area contributed by atoms with Crippen LogP contribution in [0.25, 0.3) is 11.0 Å². The molecule has 0 bridgehead atoms. The lowest BCUT2D eigenvalue weighted by Gasteiger charge is -2.19. The van der Waals surface area contributed by atoms with Crippen molar-refractivity contribution in [2.45, 2.75) is 51.7 Å². The number of esters is 1. The lowest BCUT2D eigenvalue weighted by Crippen LogP contribution is -2.23. The number of halogens is 1. The molecule has 0 saturated carbocycles. The molecule has 6 heteroatoms. The van der Waals surface area contributed by atoms with Crippen LogP contribution in [0.2, 0.25) is 5.02 Å². The molecule has 120 valence electrons. The lowest BCUT2D eigenvalue weighted by atomic mass is 10.1. The Labute approximate surface area is 135 Å². The molecule has 2 aromatic rings. The highest BCUT2D eigenvalue weighted by Crippen LogP contribution is 2.21. The average Bonchev–Trinajstić information content (AvgIpc) is 2.79. The summed E-state index contributed by atoms with van der Waals surface area (Å²) >= 11 is 5.95. The Kier molecular flexibility index (Phi) is 5.08. The largest absolute Gasteiger partial charge is 0.460 e. The molecular formula is C16H22ClN3O2. The summed E-state index contributed by atoms with van der Waals surface area (Å²) in [4.78, 5) is 19.3. The smallest absolute Gasteiger partial charge is 0.306 e. The molecule has 22 heavy (non-hydrogen) atoms. The van der Waals surface area contributed by atoms with E-state index in [1.54, 1.807) is 6.07 Å². The number of nitrogens with zero attached hydrogens (tertiary/aromatic N) is 1. The van der Waals surface area contributed by atoms with Crippen LogP contribution in [0.1, 0.15) is 51.9 Å². The number of imidazole rings is 1. The minimum atomic E-state index is -0.447. The molecule has 1 aromatic carbocycles. The second-order valence-corrected chi connectivity index (χ2v) is 6.81. The number of hydrogen-bond acceptors (Lipinski definition) is 4. The molecule has 1 atom stereocenters. The first-order valence-corrected chi connectivity index (χ1v) is 7.75. The molecule has 0 saturated heterocycles. The zero-order valence-corrected chi connectivity index (χ0v) is 13.9. The predicted octanol–water partition coefficient (Wildman–Crippen LogP) is 3.73. The van der Waals surface area contributed by atoms with Gasteiger partial charge < -0.3 is 15.5 Å². The average molecular weight is 324 g/mol. The number of hydrogen-bond donors (Lipinski definition) is 2. The van der Waals surface area contributed by atoms with E-state index in [9.17, 15) is 4.79 Å². The summed E-state index contributed by atoms with van der Waals surface area (Å²) in [6.45, 7) is 5.57. The van der Waals surface area contributed by atoms with Gasteiger partial charge in [0, 0.05) is 11.4 Å². The fourth-order valence-electron chi connectivity index (χ4n) is 2.17. The van der Waals surface area contributed by atoms with Crippen LogP contribution in [-0.2, 0) is 9.53 Å². The van der Waals surface area contributed by atoms with Gasteiger partial charge in [0.15, 0.2) is 0 Å². The van der Waals surface area contributed by atoms with Crippen LogP contribution in [0.3, 0.4) is 0 Å². The molecule has 0 amide bonds. The number of nitrogens with two attached hydrogens (primary N) is 1. The molecule has 1 heterocycles. The SMILES string of the molecule is CC(C)(C)OC(=O)CCC[C@H](N)c1nc2ccc(Cl)cc2[nH]1. The number of H-pyrrole nitrogens is 1. The van der Waals surface area contributed by atoms with Gasteiger partial charge in [-0.2, -0.15) is 0 Å². The van der Waals surface area contributed by atoms with E-state index in [0.717, 1.165) is 11.0 Å². The van der Waals surface area contributed by atoms with Crippen molar-refractivity contribution in [1.29, 1.82) is 0 Å². The van der Waals surface area contributed by atoms with Crippen molar-refractivity contribution in [2.75, 3.05) is 0 Å². The molecule has 1 aromatic heterocycles. The number of aromatic amines is 1. The second-order valence-electron chi connectivity index (χ2n) is 6.37. The van der Waals surface area contributed by atoms with Crippen molar-refractivity contribution in [1.82, 2.24) is 9.97 Å². The number of nitrogens with one attached hydrogen (secondary N) is 1. The van der Waals surface area contributed by atoms with Gasteiger partial charge in [-0.05, 0) is 51.8 Å². The topological polar surface area (TPSA) is 81.0 Å². The molecule has 5 nitrogen and oxygen atoms in total. The Balaban J connectivity index is 1.88. The number of carbonyl (C=O) groups excluding carboxylic acids is 1. The fraction of sp³-hybridized carbons (Fsp3) is 0.500. The highest BCUT2D eigenvalue weighted by Gasteiger charge is 2.17. The van der Waals surface area contributed by atoms with Crippen LogP contribution in [0.15, 0.2) is 18.2 Å². The van der Waals surface area contributed by atoms with E-state index in [1.807, 2.05) is 32.9 Å². The number of fused-ring (bicyclic) bond motifs is 1. The number of aromatic nitrogens is 2. The number of ether oxygens (including phenoxy) is 1. The quantitative estimate of drug-likeness (QED) is 0.821. The van der Waals surface area contributed by atoms with Gasteiger partial charge in [-0.1, -0.05) is 11.6 Å². The summed E-state index contributed by atoms with van der Waals surface area (Å²) in [6, 6.07) is 5.22. The summed E-state index contributed by atoms with van der Waals surface area (Å²) in [5.74, 6) is 0.512. The van der Waals surface area contributed by atoms with Crippen LogP contribution in [-0.4, -0.2) is 21.5 Å². The van der Waals surface area contributed by atoms with Gasteiger partial charge in [0.1, 0.15) is 11.4 Å². The van der Waals surface area contributed by atoms with E-state index in [4.69, 9.17) is 22.1 Å². The third kappa shape index (κ3) is 4.71. The van der Waals surface area contributed by atoms with Crippen molar-refractivity contribution >= 4 is 28.6 Å². The summed E-state index contributed by atoms with van der Waals surface area (Å²) in [5.41, 5.74) is 7.39. The van der Waals surface area contributed by atoms with Gasteiger partial charge in [0.25, 0.3) is 0 Å². The van der Waals surface area contributed by atoms with Crippen molar-refractivity contribution in [3.05, 3.63) is 29.0 Å². The van der Waals surface area contributed by atoms with Crippen molar-refractivity contribution in [3.8, 4) is 0 Å². The highest BCUT2D eigenvalue weighted by molar-refractivity contribution is 6.31. The summed E-state index contributed by atoms with van der Waals surface area (Å²) < 4.78 is 5.27. The highest BCUT2D eigenvalue weighted by atomic mass is 35.5. The standard InChI is InChI=1S/C16H22ClN3O2/c1-16(2,3)22-14(21)6-4-5-11(18)15-19-12-8-7-10(17)9-13(12)20-15/h7-9,11H,4-6,18H2,1-3H3,(H,19,20)/t11-/m0/s1. The first-order chi connectivity index (χ1) is 10.2. The molecule has 0 aliphatic carbocycles. The molecule has 2 rings (SSSR count). The monoisotopic (exact) mass is 323 g/mol. The zero-order valence-electron chi connectivity index (χ0n) is 13.1. The Hall–Kier alpha value is -1.59. The van der Waals surface area contributed by atoms with Crippen molar-refractivity contribution < 1.29 is 9.53 Å². The van der Waals surface area contributed by atoms with Crippen molar-refractivity contribution in [2.24, 2.45) is 5.73 Å². The maximum absolute atomic E-state index is 11.7. The number of carbonyl (C=O) groups is 1. The third-order valence-corrected chi connectivity index (χ3v) is 3.36. The molecule has 0 spiro atoms. The van der Waals surface area contributed by atoms with Crippen LogP contribution >= 0.6 is 11.6 Å². The Morgan fingerprint density at radius 2 is 2.18 bits per heavy atom. The zero-order chi connectivity index (χ0) is 16.3. The Morgan fingerprint density at radius 1 is 1.45 bits per heavy atom. The maximum Gasteiger partial charge on any atom is 0.306 e. The van der Waals surface area contributed by atoms with Crippen molar-refractivity contribution in [3.63, 3.8) is 0 Å². The van der Waals surface area contributed by atoms with Crippen LogP contribution in [0.5, 0.6) is 0 Å². The second kappa shape index (κ2) is 6.67. The summed E-state index contributed by atoms with van der Waals surface area (Å²) in [7, 11) is 0. The molecule has 0 aliphatic rings. The summed E-state index contributed by atoms with van der Waals surface area (Å²) in [5, 5.41) is 0.654. The van der Waals surface area contributed by atoms with Crippen LogP contribution < -0.4 is 5.73 Å². The number of rotatable bonds is 5. The van der Waals surface area contributed by atoms with E-state index >= 15 is 0 Å². The van der Waals surface area contributed by atoms with Gasteiger partial charge in [0.05, 0.1) is 17.1 Å². The van der Waals surface area contributed by atoms with Gasteiger partial charge in [-0.15, -0.1) is 0 Å². The molecule has 3 N–H and O–H groups in total. The molecule has 0 fully saturated rings. The Bertz CT molecular complexity index is 661. The van der Waals surface area contributed by atoms with Crippen LogP contribution in [0.4, 0.5) is 0 Å². The first-order valence-electron chi connectivity index (χ1n) is 7.37. The molecule has 0 unspecified atom stereocenters. The fourth-order valence-corrected chi connectivity index (χ4v) is 2.34. The minimum absolute atomic E-state index is 0.198. The maximum atomic E-state index is 11.7. The van der Waals surface area contributed by atoms with Gasteiger partial charge in [0.2, 0.25) is 0 Å². The predicted molar refractivity (Wildman–Crippen MR) is 87.7 cm³/mol. The van der Waals surface area contributed by atoms with Crippen LogP contribution in [0, 0.1) is 0 Å². The van der Waals surface area contributed by atoms with Gasteiger partial charge in [-0.3, -0.25) is 4.79 Å². The third-order valence-electron chi connectivity index (χ3n) is 3.13. The summed E-state index contributed by atoms with van der Waals surface area (Å²) in [6.07, 6.45) is 1.68. The van der Waals surface area contributed by atoms with E-state index in [2.05, 4.69) is 9.97 Å². The van der Waals surface area contributed by atoms with Gasteiger partial charge in [-0.25, -0.2) is 4.98 Å². The minimum Gasteiger partial charge on any atom is -0.460 e. The Morgan fingerprint density at radius 3 is 2.86 bits per heavy atom. The van der Waals surface area contributed by atoms with E-state index in [0.29, 0.717) is 30.1 Å². The lowest BCUT2D eigenvalue weighted by molar-refractivity contribution is -0.154. The molecule has 0 aliphatic heterocycles. The molecule has 0 radical (unpaired) electrons. The normalized spacial score (nSPS) is 13.3. The van der Waals surface area contributed by atoms with E-state index in [1.165, 1.54) is 0 Å². The van der Waals surface area contributed by atoms with E-state index < -0.39 is 5.60 Å².